The predicted octanol–water partition coefficient (Wildman–Crippen LogP) is 1.63. The van der Waals surface area contributed by atoms with Gasteiger partial charge in [-0.1, -0.05) is 13.8 Å². The summed E-state index contributed by atoms with van der Waals surface area (Å²) in [5, 5.41) is 14.0. The van der Waals surface area contributed by atoms with Gasteiger partial charge in [0.15, 0.2) is 6.19 Å². The van der Waals surface area contributed by atoms with E-state index in [9.17, 15) is 9.59 Å². The minimum atomic E-state index is -0.708. The molecule has 0 heterocycles. The van der Waals surface area contributed by atoms with Gasteiger partial charge in [-0.05, 0) is 36.6 Å². The lowest BCUT2D eigenvalue weighted by Crippen LogP contribution is -2.51. The van der Waals surface area contributed by atoms with E-state index in [2.05, 4.69) is 5.32 Å². The van der Waals surface area contributed by atoms with Gasteiger partial charge < -0.3 is 10.1 Å². The second-order valence-electron chi connectivity index (χ2n) is 5.87. The Balaban J connectivity index is 2.90. The Hall–Kier alpha value is -2.75. The zero-order valence-electron chi connectivity index (χ0n) is 14.7. The van der Waals surface area contributed by atoms with Crippen LogP contribution >= 0.6 is 0 Å². The van der Waals surface area contributed by atoms with Crippen molar-refractivity contribution in [2.75, 3.05) is 21.2 Å². The van der Waals surface area contributed by atoms with Crippen molar-refractivity contribution in [3.05, 3.63) is 29.8 Å². The first-order chi connectivity index (χ1) is 11.3. The average Bonchev–Trinajstić information content (AvgIpc) is 2.58. The molecule has 0 unspecified atom stereocenters. The van der Waals surface area contributed by atoms with E-state index in [-0.39, 0.29) is 17.7 Å². The molecule has 7 heteroatoms. The van der Waals surface area contributed by atoms with Crippen LogP contribution in [0.5, 0.6) is 5.75 Å². The molecule has 7 nitrogen and oxygen atoms in total. The van der Waals surface area contributed by atoms with Crippen molar-refractivity contribution in [2.45, 2.75) is 26.3 Å². The molecule has 0 aliphatic carbocycles. The number of carbonyl (C=O) groups is 2. The monoisotopic (exact) mass is 332 g/mol. The highest BCUT2D eigenvalue weighted by molar-refractivity contribution is 5.97. The maximum atomic E-state index is 12.5. The topological polar surface area (TPSA) is 85.7 Å². The molecule has 0 radical (unpaired) electrons. The summed E-state index contributed by atoms with van der Waals surface area (Å²) in [5.41, 5.74) is 0.439. The number of rotatable bonds is 7. The van der Waals surface area contributed by atoms with Crippen molar-refractivity contribution >= 4 is 11.8 Å². The standard InChI is InChI=1S/C17H24N4O3/c1-12(2)10-15(17(23)21(4)20(3)11-18)19-16(22)13-6-8-14(24-5)9-7-13/h6-9,12,15H,10H2,1-5H3,(H,19,22)/t15-/m0/s1. The van der Waals surface area contributed by atoms with E-state index in [0.717, 1.165) is 5.01 Å². The summed E-state index contributed by atoms with van der Waals surface area (Å²) in [6, 6.07) is 5.93. The molecule has 24 heavy (non-hydrogen) atoms. The summed E-state index contributed by atoms with van der Waals surface area (Å²) in [6.45, 7) is 3.93. The first-order valence-electron chi connectivity index (χ1n) is 7.66. The van der Waals surface area contributed by atoms with E-state index in [1.807, 2.05) is 20.0 Å². The third kappa shape index (κ3) is 5.16. The van der Waals surface area contributed by atoms with E-state index < -0.39 is 6.04 Å². The number of hydrogen-bond acceptors (Lipinski definition) is 5. The van der Waals surface area contributed by atoms with Crippen molar-refractivity contribution < 1.29 is 14.3 Å². The van der Waals surface area contributed by atoms with Crippen LogP contribution in [0.1, 0.15) is 30.6 Å². The van der Waals surface area contributed by atoms with E-state index in [0.29, 0.717) is 17.7 Å². The molecule has 1 aromatic rings. The molecule has 1 rings (SSSR count). The quantitative estimate of drug-likeness (QED) is 0.466. The average molecular weight is 332 g/mol. The molecule has 0 saturated carbocycles. The van der Waals surface area contributed by atoms with E-state index in [1.165, 1.54) is 19.1 Å². The van der Waals surface area contributed by atoms with Crippen molar-refractivity contribution in [1.82, 2.24) is 15.3 Å². The molecule has 0 saturated heterocycles. The summed E-state index contributed by atoms with van der Waals surface area (Å²) >= 11 is 0. The number of benzene rings is 1. The molecule has 2 amide bonds. The molecule has 1 N–H and O–H groups in total. The number of methoxy groups -OCH3 is 1. The van der Waals surface area contributed by atoms with Crippen LogP contribution in [0.4, 0.5) is 0 Å². The fourth-order valence-electron chi connectivity index (χ4n) is 2.12. The lowest BCUT2D eigenvalue weighted by molar-refractivity contribution is -0.142. The van der Waals surface area contributed by atoms with Crippen LogP contribution in [0, 0.1) is 17.4 Å². The molecule has 1 aromatic carbocycles. The largest absolute Gasteiger partial charge is 0.497 e. The van der Waals surface area contributed by atoms with Crippen molar-refractivity contribution in [2.24, 2.45) is 5.92 Å². The number of likely N-dealkylation sites (N-methyl/N-ethyl adjacent to an activating group) is 1. The maximum absolute atomic E-state index is 12.5. The highest BCUT2D eigenvalue weighted by atomic mass is 16.5. The number of nitrogens with zero attached hydrogens (tertiary/aromatic N) is 3. The Morgan fingerprint density at radius 2 is 1.83 bits per heavy atom. The van der Waals surface area contributed by atoms with Gasteiger partial charge in [-0.15, -0.1) is 0 Å². The summed E-state index contributed by atoms with van der Waals surface area (Å²) in [4.78, 5) is 24.9. The maximum Gasteiger partial charge on any atom is 0.263 e. The van der Waals surface area contributed by atoms with Crippen LogP contribution in [0.2, 0.25) is 0 Å². The van der Waals surface area contributed by atoms with Gasteiger partial charge in [0.1, 0.15) is 11.8 Å². The number of nitriles is 1. The number of hydrogen-bond donors (Lipinski definition) is 1. The fraction of sp³-hybridized carbons (Fsp3) is 0.471. The smallest absolute Gasteiger partial charge is 0.263 e. The molecular formula is C17H24N4O3. The molecule has 1 atom stereocenters. The summed E-state index contributed by atoms with van der Waals surface area (Å²) in [7, 11) is 4.53. The Kier molecular flexibility index (Phi) is 7.05. The SMILES string of the molecule is COc1ccc(C(=O)N[C@@H](CC(C)C)C(=O)N(C)N(C)C#N)cc1. The molecule has 0 aliphatic heterocycles. The molecule has 0 spiro atoms. The molecule has 0 aliphatic rings. The molecule has 0 aromatic heterocycles. The molecule has 0 bridgehead atoms. The van der Waals surface area contributed by atoms with Crippen LogP contribution in [0.25, 0.3) is 0 Å². The van der Waals surface area contributed by atoms with Crippen LogP contribution < -0.4 is 10.1 Å². The van der Waals surface area contributed by atoms with Crippen LogP contribution in [0.15, 0.2) is 24.3 Å². The minimum absolute atomic E-state index is 0.205. The Morgan fingerprint density at radius 3 is 2.29 bits per heavy atom. The highest BCUT2D eigenvalue weighted by Crippen LogP contribution is 2.13. The first kappa shape index (κ1) is 19.3. The van der Waals surface area contributed by atoms with Gasteiger partial charge in [-0.2, -0.15) is 5.26 Å². The van der Waals surface area contributed by atoms with Crippen LogP contribution in [-0.4, -0.2) is 49.1 Å². The molecular weight excluding hydrogens is 308 g/mol. The summed E-state index contributed by atoms with van der Waals surface area (Å²) < 4.78 is 5.06. The third-order valence-electron chi connectivity index (χ3n) is 3.58. The Morgan fingerprint density at radius 1 is 1.25 bits per heavy atom. The lowest BCUT2D eigenvalue weighted by Gasteiger charge is -2.28. The van der Waals surface area contributed by atoms with Gasteiger partial charge in [-0.25, -0.2) is 10.0 Å². The van der Waals surface area contributed by atoms with Crippen molar-refractivity contribution in [1.29, 1.82) is 5.26 Å². The first-order valence-corrected chi connectivity index (χ1v) is 7.66. The van der Waals surface area contributed by atoms with Crippen LogP contribution in [0.3, 0.4) is 0 Å². The van der Waals surface area contributed by atoms with Crippen molar-refractivity contribution in [3.8, 4) is 11.9 Å². The summed E-state index contributed by atoms with van der Waals surface area (Å²) in [6.07, 6.45) is 2.34. The third-order valence-corrected chi connectivity index (χ3v) is 3.58. The van der Waals surface area contributed by atoms with Gasteiger partial charge in [-0.3, -0.25) is 9.59 Å². The van der Waals surface area contributed by atoms with E-state index >= 15 is 0 Å². The Labute approximate surface area is 142 Å². The summed E-state index contributed by atoms with van der Waals surface area (Å²) in [5.74, 6) is 0.173. The zero-order chi connectivity index (χ0) is 18.3. The fourth-order valence-corrected chi connectivity index (χ4v) is 2.12. The normalized spacial score (nSPS) is 11.4. The zero-order valence-corrected chi connectivity index (χ0v) is 14.7. The second kappa shape index (κ2) is 8.77. The Bertz CT molecular complexity index is 607. The van der Waals surface area contributed by atoms with E-state index in [1.54, 1.807) is 31.4 Å². The number of nitrogens with one attached hydrogen (secondary N) is 1. The predicted molar refractivity (Wildman–Crippen MR) is 89.8 cm³/mol. The number of amides is 2. The molecule has 0 fully saturated rings. The van der Waals surface area contributed by atoms with Crippen molar-refractivity contribution in [3.63, 3.8) is 0 Å². The van der Waals surface area contributed by atoms with Gasteiger partial charge in [0, 0.05) is 19.7 Å². The van der Waals surface area contributed by atoms with Gasteiger partial charge in [0.05, 0.1) is 7.11 Å². The highest BCUT2D eigenvalue weighted by Gasteiger charge is 2.27. The lowest BCUT2D eigenvalue weighted by atomic mass is 10.0. The minimum Gasteiger partial charge on any atom is -0.497 e. The number of carbonyl (C=O) groups excluding carboxylic acids is 2. The number of ether oxygens (including phenoxy) is 1. The van der Waals surface area contributed by atoms with Gasteiger partial charge >= 0.3 is 0 Å². The second-order valence-corrected chi connectivity index (χ2v) is 5.87. The van der Waals surface area contributed by atoms with Crippen LogP contribution in [-0.2, 0) is 4.79 Å². The molecule has 130 valence electrons. The van der Waals surface area contributed by atoms with E-state index in [4.69, 9.17) is 10.00 Å². The van der Waals surface area contributed by atoms with Gasteiger partial charge in [0.2, 0.25) is 0 Å². The van der Waals surface area contributed by atoms with Gasteiger partial charge in [0.25, 0.3) is 11.8 Å². The number of hydrazine groups is 1.